The maximum Gasteiger partial charge on any atom is 1.00 e. The molecular formula is C12H23F2LiO3S. The van der Waals surface area contributed by atoms with Crippen LogP contribution in [-0.2, 0) is 10.1 Å². The largest absolute Gasteiger partial charge is 1.00 e. The Morgan fingerprint density at radius 3 is 1.74 bits per heavy atom. The van der Waals surface area contributed by atoms with E-state index in [0.717, 1.165) is 38.5 Å². The van der Waals surface area contributed by atoms with Crippen LogP contribution in [0.2, 0.25) is 0 Å². The molecule has 1 atom stereocenters. The summed E-state index contributed by atoms with van der Waals surface area (Å²) < 4.78 is 55.6. The molecule has 110 valence electrons. The van der Waals surface area contributed by atoms with Crippen molar-refractivity contribution < 1.29 is 40.6 Å². The molecule has 0 aliphatic heterocycles. The van der Waals surface area contributed by atoms with Gasteiger partial charge in [-0.25, -0.2) is 12.8 Å². The Labute approximate surface area is 127 Å². The minimum Gasteiger partial charge on any atom is -0.748 e. The predicted octanol–water partition coefficient (Wildman–Crippen LogP) is 0.354. The van der Waals surface area contributed by atoms with E-state index in [2.05, 4.69) is 0 Å². The Bertz CT molecular complexity index is 287. The average molecular weight is 292 g/mol. The second kappa shape index (κ2) is 13.4. The van der Waals surface area contributed by atoms with Crippen LogP contribution in [0.5, 0.6) is 0 Å². The Kier molecular flexibility index (Phi) is 15.2. The minimum absolute atomic E-state index is 0. The van der Waals surface area contributed by atoms with Crippen molar-refractivity contribution in [1.29, 1.82) is 0 Å². The van der Waals surface area contributed by atoms with Crippen molar-refractivity contribution >= 4 is 10.1 Å². The molecule has 0 aliphatic rings. The molecule has 0 heterocycles. The summed E-state index contributed by atoms with van der Waals surface area (Å²) in [5.41, 5.74) is 0. The zero-order chi connectivity index (χ0) is 13.9. The molecule has 0 bridgehead atoms. The molecule has 0 amide bonds. The molecule has 0 aliphatic carbocycles. The van der Waals surface area contributed by atoms with E-state index < -0.39 is 22.0 Å². The van der Waals surface area contributed by atoms with E-state index in [1.165, 1.54) is 0 Å². The molecule has 0 saturated carbocycles. The van der Waals surface area contributed by atoms with Crippen molar-refractivity contribution in [3.05, 3.63) is 0 Å². The topological polar surface area (TPSA) is 57.2 Å². The van der Waals surface area contributed by atoms with Crippen LogP contribution in [-0.4, -0.2) is 31.6 Å². The number of hydrogen-bond acceptors (Lipinski definition) is 3. The second-order valence-electron chi connectivity index (χ2n) is 4.63. The van der Waals surface area contributed by atoms with Gasteiger partial charge in [-0.05, 0) is 12.8 Å². The van der Waals surface area contributed by atoms with Crippen LogP contribution in [0.4, 0.5) is 8.78 Å². The van der Waals surface area contributed by atoms with Crippen LogP contribution in [0, 0.1) is 0 Å². The van der Waals surface area contributed by atoms with E-state index >= 15 is 0 Å². The molecule has 0 saturated heterocycles. The fourth-order valence-corrected chi connectivity index (χ4v) is 2.44. The van der Waals surface area contributed by atoms with E-state index in [1.54, 1.807) is 0 Å². The van der Waals surface area contributed by atoms with Gasteiger partial charge in [-0.15, -0.1) is 0 Å². The van der Waals surface area contributed by atoms with Gasteiger partial charge in [-0.1, -0.05) is 44.9 Å². The SMILES string of the molecule is O=S(=O)([O-])CC(F)CCCCCCCCCCF.[Li+]. The number of rotatable bonds is 12. The van der Waals surface area contributed by atoms with Gasteiger partial charge in [0.25, 0.3) is 0 Å². The fourth-order valence-electron chi connectivity index (χ4n) is 1.83. The van der Waals surface area contributed by atoms with E-state index in [0.29, 0.717) is 12.8 Å². The molecular weight excluding hydrogens is 269 g/mol. The number of unbranched alkanes of at least 4 members (excludes halogenated alkanes) is 7. The van der Waals surface area contributed by atoms with E-state index in [-0.39, 0.29) is 32.0 Å². The molecule has 7 heteroatoms. The molecule has 0 radical (unpaired) electrons. The van der Waals surface area contributed by atoms with Crippen LogP contribution in [0.3, 0.4) is 0 Å². The maximum absolute atomic E-state index is 13.0. The first-order valence-electron chi connectivity index (χ1n) is 6.59. The van der Waals surface area contributed by atoms with Crippen LogP contribution in [0.1, 0.15) is 57.8 Å². The Hall–Kier alpha value is 0.367. The monoisotopic (exact) mass is 292 g/mol. The summed E-state index contributed by atoms with van der Waals surface area (Å²) in [6.07, 6.45) is 5.75. The quantitative estimate of drug-likeness (QED) is 0.296. The molecule has 0 rings (SSSR count). The third-order valence-electron chi connectivity index (χ3n) is 2.79. The molecule has 0 aromatic rings. The van der Waals surface area contributed by atoms with Gasteiger partial charge in [0.1, 0.15) is 6.17 Å². The maximum atomic E-state index is 13.0. The van der Waals surface area contributed by atoms with Gasteiger partial charge in [-0.3, -0.25) is 4.39 Å². The molecule has 0 spiro atoms. The number of alkyl halides is 2. The van der Waals surface area contributed by atoms with Crippen molar-refractivity contribution in [3.63, 3.8) is 0 Å². The van der Waals surface area contributed by atoms with Crippen LogP contribution < -0.4 is 18.9 Å². The van der Waals surface area contributed by atoms with Gasteiger partial charge in [0, 0.05) is 0 Å². The Morgan fingerprint density at radius 1 is 0.895 bits per heavy atom. The molecule has 0 fully saturated rings. The molecule has 0 N–H and O–H groups in total. The fraction of sp³-hybridized carbons (Fsp3) is 1.00. The summed E-state index contributed by atoms with van der Waals surface area (Å²) in [5, 5.41) is 0. The summed E-state index contributed by atoms with van der Waals surface area (Å²) in [4.78, 5) is 0. The van der Waals surface area contributed by atoms with Crippen LogP contribution in [0.25, 0.3) is 0 Å². The predicted molar refractivity (Wildman–Crippen MR) is 67.0 cm³/mol. The van der Waals surface area contributed by atoms with E-state index in [9.17, 15) is 21.8 Å². The molecule has 1 unspecified atom stereocenters. The second-order valence-corrected chi connectivity index (χ2v) is 6.08. The Morgan fingerprint density at radius 2 is 1.32 bits per heavy atom. The third kappa shape index (κ3) is 18.4. The van der Waals surface area contributed by atoms with Gasteiger partial charge in [0.15, 0.2) is 0 Å². The number of hydrogen-bond donors (Lipinski definition) is 0. The van der Waals surface area contributed by atoms with Gasteiger partial charge in [0.05, 0.1) is 22.5 Å². The smallest absolute Gasteiger partial charge is 0.748 e. The third-order valence-corrected chi connectivity index (χ3v) is 3.56. The summed E-state index contributed by atoms with van der Waals surface area (Å²) in [6.45, 7) is -0.249. The first kappa shape index (κ1) is 21.7. The van der Waals surface area contributed by atoms with Crippen LogP contribution in [0.15, 0.2) is 0 Å². The molecule has 3 nitrogen and oxygen atoms in total. The van der Waals surface area contributed by atoms with Gasteiger partial charge >= 0.3 is 18.9 Å². The van der Waals surface area contributed by atoms with Gasteiger partial charge < -0.3 is 4.55 Å². The summed E-state index contributed by atoms with van der Waals surface area (Å²) in [7, 11) is -4.44. The van der Waals surface area contributed by atoms with Crippen molar-refractivity contribution in [3.8, 4) is 0 Å². The first-order chi connectivity index (χ1) is 8.45. The first-order valence-corrected chi connectivity index (χ1v) is 8.17. The van der Waals surface area contributed by atoms with Crippen molar-refractivity contribution in [2.75, 3.05) is 12.4 Å². The minimum atomic E-state index is -4.44. The molecule has 0 aromatic carbocycles. The summed E-state index contributed by atoms with van der Waals surface area (Å²) in [5.74, 6) is -0.907. The normalized spacial score (nSPS) is 13.0. The van der Waals surface area contributed by atoms with Crippen molar-refractivity contribution in [2.24, 2.45) is 0 Å². The summed E-state index contributed by atoms with van der Waals surface area (Å²) >= 11 is 0. The standard InChI is InChI=1S/C12H24F2O3S.Li/c13-10-8-6-4-2-1-3-5-7-9-12(14)11-18(15,16)17;/h12H,1-11H2,(H,15,16,17);/q;+1/p-1. The molecule has 19 heavy (non-hydrogen) atoms. The Balaban J connectivity index is 0. The summed E-state index contributed by atoms with van der Waals surface area (Å²) in [6, 6.07) is 0. The average Bonchev–Trinajstić information content (AvgIpc) is 2.24. The van der Waals surface area contributed by atoms with Crippen molar-refractivity contribution in [2.45, 2.75) is 64.0 Å². The van der Waals surface area contributed by atoms with E-state index in [4.69, 9.17) is 0 Å². The van der Waals surface area contributed by atoms with E-state index in [1.807, 2.05) is 0 Å². The number of halogens is 2. The van der Waals surface area contributed by atoms with Gasteiger partial charge in [0.2, 0.25) is 0 Å². The zero-order valence-electron chi connectivity index (χ0n) is 11.7. The molecule has 0 aromatic heterocycles. The van der Waals surface area contributed by atoms with Gasteiger partial charge in [-0.2, -0.15) is 0 Å². The van der Waals surface area contributed by atoms with Crippen molar-refractivity contribution in [1.82, 2.24) is 0 Å². The van der Waals surface area contributed by atoms with Crippen LogP contribution >= 0.6 is 0 Å². The zero-order valence-corrected chi connectivity index (χ0v) is 12.6.